The van der Waals surface area contributed by atoms with Crippen molar-refractivity contribution in [3.05, 3.63) is 70.5 Å². The topological polar surface area (TPSA) is 40.9 Å². The Morgan fingerprint density at radius 1 is 1.20 bits per heavy atom. The highest BCUT2D eigenvalue weighted by Gasteiger charge is 2.23. The van der Waals surface area contributed by atoms with Gasteiger partial charge >= 0.3 is 0 Å². The molecule has 0 amide bonds. The van der Waals surface area contributed by atoms with Crippen molar-refractivity contribution < 1.29 is 9.18 Å². The summed E-state index contributed by atoms with van der Waals surface area (Å²) in [5.41, 5.74) is 2.75. The van der Waals surface area contributed by atoms with Crippen molar-refractivity contribution in [1.29, 1.82) is 5.26 Å². The van der Waals surface area contributed by atoms with E-state index in [-0.39, 0.29) is 5.78 Å². The summed E-state index contributed by atoms with van der Waals surface area (Å²) in [5.74, 6) is -1.72. The summed E-state index contributed by atoms with van der Waals surface area (Å²) in [4.78, 5) is 12.5. The first-order chi connectivity index (χ1) is 9.54. The lowest BCUT2D eigenvalue weighted by Gasteiger charge is -2.12. The van der Waals surface area contributed by atoms with Gasteiger partial charge < -0.3 is 0 Å². The maximum Gasteiger partial charge on any atom is 0.184 e. The molecule has 0 radical (unpaired) electrons. The summed E-state index contributed by atoms with van der Waals surface area (Å²) in [5, 5.41) is 9.27. The third-order valence-electron chi connectivity index (χ3n) is 3.44. The first kappa shape index (κ1) is 14.0. The Bertz CT molecular complexity index is 700. The highest BCUT2D eigenvalue weighted by molar-refractivity contribution is 6.04. The van der Waals surface area contributed by atoms with Crippen LogP contribution >= 0.6 is 0 Å². The molecular formula is C17H14FNO. The first-order valence-electron chi connectivity index (χ1n) is 6.30. The first-order valence-corrected chi connectivity index (χ1v) is 6.30. The molecule has 0 aliphatic heterocycles. The second-order valence-electron chi connectivity index (χ2n) is 4.73. The van der Waals surface area contributed by atoms with Gasteiger partial charge in [0.1, 0.15) is 11.7 Å². The van der Waals surface area contributed by atoms with Crippen LogP contribution in [0.1, 0.15) is 33.0 Å². The van der Waals surface area contributed by atoms with E-state index >= 15 is 0 Å². The molecule has 0 heterocycles. The minimum Gasteiger partial charge on any atom is -0.292 e. The van der Waals surface area contributed by atoms with Crippen molar-refractivity contribution in [3.63, 3.8) is 0 Å². The normalized spacial score (nSPS) is 11.7. The SMILES string of the molecule is Cc1cccc(C(=O)C(C#N)c2cccc(F)c2)c1C. The molecule has 0 saturated carbocycles. The van der Waals surface area contributed by atoms with E-state index in [2.05, 4.69) is 0 Å². The van der Waals surface area contributed by atoms with Gasteiger partial charge in [-0.3, -0.25) is 4.79 Å². The number of carbonyl (C=O) groups is 1. The van der Waals surface area contributed by atoms with E-state index in [1.54, 1.807) is 18.2 Å². The number of nitrogens with zero attached hydrogens (tertiary/aromatic N) is 1. The van der Waals surface area contributed by atoms with Crippen molar-refractivity contribution in [1.82, 2.24) is 0 Å². The van der Waals surface area contributed by atoms with Crippen LogP contribution in [0.15, 0.2) is 42.5 Å². The second kappa shape index (κ2) is 5.66. The van der Waals surface area contributed by atoms with Crippen LogP contribution in [0.3, 0.4) is 0 Å². The van der Waals surface area contributed by atoms with Crippen LogP contribution in [-0.4, -0.2) is 5.78 Å². The fraction of sp³-hybridized carbons (Fsp3) is 0.176. The molecule has 0 aromatic heterocycles. The van der Waals surface area contributed by atoms with Crippen molar-refractivity contribution in [2.24, 2.45) is 0 Å². The van der Waals surface area contributed by atoms with Crippen LogP contribution in [-0.2, 0) is 0 Å². The molecule has 2 aromatic rings. The maximum atomic E-state index is 13.3. The summed E-state index contributed by atoms with van der Waals surface area (Å²) < 4.78 is 13.3. The van der Waals surface area contributed by atoms with Crippen LogP contribution in [0.25, 0.3) is 0 Å². The number of nitriles is 1. The highest BCUT2D eigenvalue weighted by atomic mass is 19.1. The number of rotatable bonds is 3. The van der Waals surface area contributed by atoms with Gasteiger partial charge in [-0.2, -0.15) is 5.26 Å². The summed E-state index contributed by atoms with van der Waals surface area (Å²) >= 11 is 0. The molecule has 20 heavy (non-hydrogen) atoms. The molecule has 2 nitrogen and oxygen atoms in total. The predicted octanol–water partition coefficient (Wildman–Crippen LogP) is 3.93. The molecule has 0 aliphatic rings. The van der Waals surface area contributed by atoms with Gasteiger partial charge in [-0.15, -0.1) is 0 Å². The summed E-state index contributed by atoms with van der Waals surface area (Å²) in [6, 6.07) is 13.0. The lowest BCUT2D eigenvalue weighted by molar-refractivity contribution is 0.0978. The van der Waals surface area contributed by atoms with Gasteiger partial charge in [0.25, 0.3) is 0 Å². The molecule has 1 unspecified atom stereocenters. The van der Waals surface area contributed by atoms with Gasteiger partial charge in [0.05, 0.1) is 6.07 Å². The average molecular weight is 267 g/mol. The van der Waals surface area contributed by atoms with Crippen LogP contribution in [0.5, 0.6) is 0 Å². The lowest BCUT2D eigenvalue weighted by atomic mass is 9.89. The van der Waals surface area contributed by atoms with Crippen LogP contribution in [0.2, 0.25) is 0 Å². The lowest BCUT2D eigenvalue weighted by Crippen LogP contribution is -2.13. The summed E-state index contributed by atoms with van der Waals surface area (Å²) in [7, 11) is 0. The zero-order valence-corrected chi connectivity index (χ0v) is 11.4. The van der Waals surface area contributed by atoms with E-state index in [1.807, 2.05) is 26.0 Å². The van der Waals surface area contributed by atoms with Crippen molar-refractivity contribution in [2.45, 2.75) is 19.8 Å². The molecule has 2 aromatic carbocycles. The fourth-order valence-electron chi connectivity index (χ4n) is 2.14. The Kier molecular flexibility index (Phi) is 3.95. The van der Waals surface area contributed by atoms with Crippen molar-refractivity contribution in [2.75, 3.05) is 0 Å². The standard InChI is InChI=1S/C17H14FNO/c1-11-5-3-8-15(12(11)2)17(20)16(10-19)13-6-4-7-14(18)9-13/h3-9,16H,1-2H3. The van der Waals surface area contributed by atoms with Gasteiger partial charge in [-0.1, -0.05) is 30.3 Å². The van der Waals surface area contributed by atoms with Crippen molar-refractivity contribution >= 4 is 5.78 Å². The van der Waals surface area contributed by atoms with E-state index in [0.29, 0.717) is 11.1 Å². The zero-order chi connectivity index (χ0) is 14.7. The van der Waals surface area contributed by atoms with Gasteiger partial charge in [-0.25, -0.2) is 4.39 Å². The predicted molar refractivity (Wildman–Crippen MR) is 75.0 cm³/mol. The van der Waals surface area contributed by atoms with Gasteiger partial charge in [-0.05, 0) is 42.7 Å². The van der Waals surface area contributed by atoms with E-state index in [0.717, 1.165) is 11.1 Å². The van der Waals surface area contributed by atoms with Gasteiger partial charge in [0.2, 0.25) is 0 Å². The van der Waals surface area contributed by atoms with Crippen LogP contribution in [0, 0.1) is 31.0 Å². The number of aryl methyl sites for hydroxylation is 1. The zero-order valence-electron chi connectivity index (χ0n) is 11.4. The molecule has 0 saturated heterocycles. The minimum atomic E-state index is -0.980. The molecule has 2 rings (SSSR count). The largest absolute Gasteiger partial charge is 0.292 e. The number of carbonyl (C=O) groups excluding carboxylic acids is 1. The monoisotopic (exact) mass is 267 g/mol. The third kappa shape index (κ3) is 2.60. The number of ketones is 1. The van der Waals surface area contributed by atoms with Crippen LogP contribution in [0.4, 0.5) is 4.39 Å². The van der Waals surface area contributed by atoms with E-state index in [4.69, 9.17) is 0 Å². The van der Waals surface area contributed by atoms with Gasteiger partial charge in [0.15, 0.2) is 5.78 Å². The number of Topliss-reactive ketones (excluding diaryl/α,β-unsaturated/α-hetero) is 1. The number of halogens is 1. The van der Waals surface area contributed by atoms with Crippen molar-refractivity contribution in [3.8, 4) is 6.07 Å². The Hall–Kier alpha value is -2.47. The van der Waals surface area contributed by atoms with E-state index in [1.165, 1.54) is 18.2 Å². The smallest absolute Gasteiger partial charge is 0.184 e. The fourth-order valence-corrected chi connectivity index (χ4v) is 2.14. The molecule has 1 atom stereocenters. The molecule has 100 valence electrons. The highest BCUT2D eigenvalue weighted by Crippen LogP contribution is 2.24. The van der Waals surface area contributed by atoms with Crippen LogP contribution < -0.4 is 0 Å². The van der Waals surface area contributed by atoms with E-state index in [9.17, 15) is 14.4 Å². The number of hydrogen-bond donors (Lipinski definition) is 0. The second-order valence-corrected chi connectivity index (χ2v) is 4.73. The van der Waals surface area contributed by atoms with E-state index < -0.39 is 11.7 Å². The molecule has 0 bridgehead atoms. The number of benzene rings is 2. The molecule has 0 aliphatic carbocycles. The molecular weight excluding hydrogens is 253 g/mol. The Morgan fingerprint density at radius 2 is 1.90 bits per heavy atom. The Morgan fingerprint density at radius 3 is 2.55 bits per heavy atom. The molecule has 0 N–H and O–H groups in total. The summed E-state index contributed by atoms with van der Waals surface area (Å²) in [6.07, 6.45) is 0. The quantitative estimate of drug-likeness (QED) is 0.790. The Balaban J connectivity index is 2.45. The maximum absolute atomic E-state index is 13.3. The summed E-state index contributed by atoms with van der Waals surface area (Å²) in [6.45, 7) is 3.76. The molecule has 0 fully saturated rings. The molecule has 3 heteroatoms. The average Bonchev–Trinajstić information content (AvgIpc) is 2.42. The van der Waals surface area contributed by atoms with Gasteiger partial charge in [0, 0.05) is 5.56 Å². The molecule has 0 spiro atoms. The number of hydrogen-bond acceptors (Lipinski definition) is 2. The minimum absolute atomic E-state index is 0.292. The third-order valence-corrected chi connectivity index (χ3v) is 3.44. The Labute approximate surface area is 117 Å².